The van der Waals surface area contributed by atoms with Gasteiger partial charge in [-0.3, -0.25) is 10.1 Å². The molecule has 0 atom stereocenters. The zero-order valence-corrected chi connectivity index (χ0v) is 16.5. The van der Waals surface area contributed by atoms with Gasteiger partial charge in [-0.05, 0) is 57.2 Å². The first-order chi connectivity index (χ1) is 12.5. The Balaban J connectivity index is 1.87. The minimum atomic E-state index is -3.67. The van der Waals surface area contributed by atoms with Crippen LogP contribution >= 0.6 is 11.3 Å². The van der Waals surface area contributed by atoms with Gasteiger partial charge in [0.25, 0.3) is 5.91 Å². The van der Waals surface area contributed by atoms with Crippen molar-refractivity contribution in [2.75, 3.05) is 5.32 Å². The molecule has 0 aliphatic heterocycles. The van der Waals surface area contributed by atoms with Gasteiger partial charge in [-0.2, -0.15) is 0 Å². The maximum atomic E-state index is 13.3. The van der Waals surface area contributed by atoms with Gasteiger partial charge in [0.1, 0.15) is 5.82 Å². The Morgan fingerprint density at radius 2 is 1.89 bits per heavy atom. The van der Waals surface area contributed by atoms with Crippen molar-refractivity contribution in [3.05, 3.63) is 53.8 Å². The number of hydrogen-bond acceptors (Lipinski definition) is 5. The van der Waals surface area contributed by atoms with Gasteiger partial charge in [-0.15, -0.1) is 0 Å². The minimum absolute atomic E-state index is 0.122. The van der Waals surface area contributed by atoms with Crippen molar-refractivity contribution < 1.29 is 17.6 Å². The van der Waals surface area contributed by atoms with Gasteiger partial charge < -0.3 is 0 Å². The Labute approximate surface area is 160 Å². The number of halogens is 1. The fourth-order valence-corrected chi connectivity index (χ4v) is 4.81. The lowest BCUT2D eigenvalue weighted by Gasteiger charge is -2.20. The van der Waals surface area contributed by atoms with Gasteiger partial charge in [-0.25, -0.2) is 22.5 Å². The van der Waals surface area contributed by atoms with E-state index in [1.165, 1.54) is 30.3 Å². The molecule has 0 saturated heterocycles. The normalized spacial score (nSPS) is 12.3. The number of benzene rings is 2. The van der Waals surface area contributed by atoms with Gasteiger partial charge in [0, 0.05) is 11.1 Å². The number of amides is 1. The predicted octanol–water partition coefficient (Wildman–Crippen LogP) is 3.76. The van der Waals surface area contributed by atoms with Crippen molar-refractivity contribution in [1.82, 2.24) is 9.71 Å². The summed E-state index contributed by atoms with van der Waals surface area (Å²) in [5, 5.41) is 2.91. The van der Waals surface area contributed by atoms with Crippen LogP contribution < -0.4 is 10.0 Å². The van der Waals surface area contributed by atoms with Gasteiger partial charge in [0.15, 0.2) is 5.13 Å². The molecule has 0 aliphatic carbocycles. The van der Waals surface area contributed by atoms with Crippen molar-refractivity contribution in [2.45, 2.75) is 31.2 Å². The van der Waals surface area contributed by atoms with Crippen LogP contribution in [0.1, 0.15) is 31.1 Å². The van der Waals surface area contributed by atoms with E-state index in [-0.39, 0.29) is 10.5 Å². The van der Waals surface area contributed by atoms with E-state index in [2.05, 4.69) is 15.0 Å². The molecular weight excluding hydrogens is 389 g/mol. The molecule has 6 nitrogen and oxygen atoms in total. The van der Waals surface area contributed by atoms with Crippen LogP contribution in [0.2, 0.25) is 0 Å². The molecule has 0 aliphatic rings. The molecule has 0 bridgehead atoms. The van der Waals surface area contributed by atoms with E-state index in [4.69, 9.17) is 0 Å². The summed E-state index contributed by atoms with van der Waals surface area (Å²) in [7, 11) is -3.67. The molecule has 0 radical (unpaired) electrons. The maximum absolute atomic E-state index is 13.3. The topological polar surface area (TPSA) is 88.2 Å². The zero-order chi connectivity index (χ0) is 19.8. The van der Waals surface area contributed by atoms with Crippen LogP contribution in [-0.2, 0) is 10.0 Å². The Morgan fingerprint density at radius 3 is 2.56 bits per heavy atom. The van der Waals surface area contributed by atoms with Gasteiger partial charge >= 0.3 is 0 Å². The predicted molar refractivity (Wildman–Crippen MR) is 104 cm³/mol. The average molecular weight is 407 g/mol. The van der Waals surface area contributed by atoms with Crippen LogP contribution in [-0.4, -0.2) is 24.8 Å². The summed E-state index contributed by atoms with van der Waals surface area (Å²) in [6.07, 6.45) is 0. The molecule has 1 amide bonds. The molecular formula is C18H18FN3O3S2. The van der Waals surface area contributed by atoms with Crippen LogP contribution in [0.25, 0.3) is 10.2 Å². The lowest BCUT2D eigenvalue weighted by Crippen LogP contribution is -2.40. The average Bonchev–Trinajstić information content (AvgIpc) is 2.93. The molecule has 0 spiro atoms. The molecule has 142 valence electrons. The Hall–Kier alpha value is -2.36. The second kappa shape index (κ2) is 6.99. The number of carbonyl (C=O) groups excluding carboxylic acids is 1. The number of rotatable bonds is 4. The van der Waals surface area contributed by atoms with Crippen molar-refractivity contribution in [3.8, 4) is 0 Å². The second-order valence-electron chi connectivity index (χ2n) is 6.97. The van der Waals surface area contributed by atoms with Gasteiger partial charge in [0.2, 0.25) is 10.0 Å². The third-order valence-corrected chi connectivity index (χ3v) is 6.11. The Kier molecular flexibility index (Phi) is 5.02. The summed E-state index contributed by atoms with van der Waals surface area (Å²) in [6, 6.07) is 9.89. The smallest absolute Gasteiger partial charge is 0.257 e. The number of anilines is 1. The molecule has 3 aromatic rings. The first kappa shape index (κ1) is 19.4. The fraction of sp³-hybridized carbons (Fsp3) is 0.222. The highest BCUT2D eigenvalue weighted by Gasteiger charge is 2.22. The number of nitrogens with zero attached hydrogens (tertiary/aromatic N) is 1. The van der Waals surface area contributed by atoms with Crippen LogP contribution in [0.3, 0.4) is 0 Å². The number of hydrogen-bond donors (Lipinski definition) is 2. The first-order valence-corrected chi connectivity index (χ1v) is 10.3. The molecule has 27 heavy (non-hydrogen) atoms. The van der Waals surface area contributed by atoms with Crippen LogP contribution in [0.5, 0.6) is 0 Å². The van der Waals surface area contributed by atoms with Crippen molar-refractivity contribution in [3.63, 3.8) is 0 Å². The monoisotopic (exact) mass is 407 g/mol. The Morgan fingerprint density at radius 1 is 1.15 bits per heavy atom. The van der Waals surface area contributed by atoms with Crippen LogP contribution in [0.4, 0.5) is 9.52 Å². The van der Waals surface area contributed by atoms with E-state index < -0.39 is 27.3 Å². The molecule has 2 N–H and O–H groups in total. The first-order valence-electron chi connectivity index (χ1n) is 8.05. The quantitative estimate of drug-likeness (QED) is 0.689. The van der Waals surface area contributed by atoms with E-state index in [0.717, 1.165) is 17.4 Å². The SMILES string of the molecule is CC(C)(C)NS(=O)(=O)c1ccc2nc(NC(=O)c3cccc(F)c3)sc2c1. The number of nitrogens with one attached hydrogen (secondary N) is 2. The number of fused-ring (bicyclic) bond motifs is 1. The number of thiazole rings is 1. The van der Waals surface area contributed by atoms with Crippen molar-refractivity contribution in [1.29, 1.82) is 0 Å². The Bertz CT molecular complexity index is 1120. The van der Waals surface area contributed by atoms with Crippen molar-refractivity contribution >= 4 is 42.6 Å². The highest BCUT2D eigenvalue weighted by Crippen LogP contribution is 2.29. The number of carbonyl (C=O) groups is 1. The maximum Gasteiger partial charge on any atom is 0.257 e. The van der Waals surface area contributed by atoms with E-state index in [0.29, 0.717) is 15.3 Å². The highest BCUT2D eigenvalue weighted by atomic mass is 32.2. The summed E-state index contributed by atoms with van der Waals surface area (Å²) in [4.78, 5) is 16.6. The summed E-state index contributed by atoms with van der Waals surface area (Å²) < 4.78 is 41.4. The van der Waals surface area contributed by atoms with E-state index >= 15 is 0 Å². The zero-order valence-electron chi connectivity index (χ0n) is 14.9. The molecule has 1 heterocycles. The summed E-state index contributed by atoms with van der Waals surface area (Å²) in [5.74, 6) is -0.996. The van der Waals surface area contributed by atoms with Crippen LogP contribution in [0.15, 0.2) is 47.4 Å². The highest BCUT2D eigenvalue weighted by molar-refractivity contribution is 7.89. The largest absolute Gasteiger partial charge is 0.298 e. The number of sulfonamides is 1. The molecule has 2 aromatic carbocycles. The number of aromatic nitrogens is 1. The lowest BCUT2D eigenvalue weighted by molar-refractivity contribution is 0.102. The molecule has 0 unspecified atom stereocenters. The molecule has 0 saturated carbocycles. The molecule has 0 fully saturated rings. The molecule has 3 rings (SSSR count). The van der Waals surface area contributed by atoms with Crippen molar-refractivity contribution in [2.24, 2.45) is 0 Å². The summed E-state index contributed by atoms with van der Waals surface area (Å²) in [5.41, 5.74) is 0.127. The van der Waals surface area contributed by atoms with Crippen LogP contribution in [0, 0.1) is 5.82 Å². The minimum Gasteiger partial charge on any atom is -0.298 e. The van der Waals surface area contributed by atoms with Gasteiger partial charge in [0.05, 0.1) is 15.1 Å². The third kappa shape index (κ3) is 4.68. The molecule has 9 heteroatoms. The fourth-order valence-electron chi connectivity index (χ4n) is 2.39. The van der Waals surface area contributed by atoms with E-state index in [9.17, 15) is 17.6 Å². The van der Waals surface area contributed by atoms with Gasteiger partial charge in [-0.1, -0.05) is 17.4 Å². The third-order valence-electron chi connectivity index (χ3n) is 3.42. The summed E-state index contributed by atoms with van der Waals surface area (Å²) in [6.45, 7) is 5.28. The van der Waals surface area contributed by atoms with E-state index in [1.54, 1.807) is 26.8 Å². The summed E-state index contributed by atoms with van der Waals surface area (Å²) >= 11 is 1.14. The van der Waals surface area contributed by atoms with E-state index in [1.807, 2.05) is 0 Å². The second-order valence-corrected chi connectivity index (χ2v) is 9.68. The standard InChI is InChI=1S/C18H18FN3O3S2/c1-18(2,3)22-27(24,25)13-7-8-14-15(10-13)26-17(20-14)21-16(23)11-5-4-6-12(19)9-11/h4-10,22H,1-3H3,(H,20,21,23). The lowest BCUT2D eigenvalue weighted by atomic mass is 10.1. The molecule has 1 aromatic heterocycles.